The molecule has 1 N–H and O–H groups in total. The van der Waals surface area contributed by atoms with E-state index in [1.807, 2.05) is 26.0 Å². The lowest BCUT2D eigenvalue weighted by Gasteiger charge is -2.38. The molecule has 12 heteroatoms. The largest absolute Gasteiger partial charge is 0.494 e. The van der Waals surface area contributed by atoms with Gasteiger partial charge in [-0.05, 0) is 54.6 Å². The van der Waals surface area contributed by atoms with Crippen LogP contribution >= 0.6 is 11.3 Å². The van der Waals surface area contributed by atoms with Crippen molar-refractivity contribution in [3.8, 4) is 5.75 Å². The number of alkyl halides is 3. The highest BCUT2D eigenvalue weighted by atomic mass is 32.1. The summed E-state index contributed by atoms with van der Waals surface area (Å²) < 4.78 is 49.5. The summed E-state index contributed by atoms with van der Waals surface area (Å²) >= 11 is 1.78. The first-order chi connectivity index (χ1) is 21.0. The topological polar surface area (TPSA) is 74.3 Å². The average Bonchev–Trinajstić information content (AvgIpc) is 3.45. The molecule has 5 rings (SSSR count). The fraction of sp³-hybridized carbons (Fsp3) is 0.500. The predicted molar refractivity (Wildman–Crippen MR) is 167 cm³/mol. The van der Waals surface area contributed by atoms with Gasteiger partial charge in [-0.2, -0.15) is 13.2 Å². The molecule has 238 valence electrons. The summed E-state index contributed by atoms with van der Waals surface area (Å²) in [6, 6.07) is 14.3. The number of nitrogens with one attached hydrogen (secondary N) is 1. The van der Waals surface area contributed by atoms with Crippen molar-refractivity contribution in [1.29, 1.82) is 0 Å². The summed E-state index contributed by atoms with van der Waals surface area (Å²) in [6.07, 6.45) is -4.47. The maximum atomic E-state index is 13.0. The molecular formula is C32H39F3N4O4S. The molecule has 0 spiro atoms. The number of thiophene rings is 1. The monoisotopic (exact) mass is 632 g/mol. The van der Waals surface area contributed by atoms with E-state index in [9.17, 15) is 22.8 Å². The van der Waals surface area contributed by atoms with Gasteiger partial charge in [0.25, 0.3) is 0 Å². The molecule has 1 saturated heterocycles. The first-order valence-corrected chi connectivity index (χ1v) is 15.9. The lowest BCUT2D eigenvalue weighted by atomic mass is 9.77. The van der Waals surface area contributed by atoms with Crippen LogP contribution in [0.2, 0.25) is 0 Å². The summed E-state index contributed by atoms with van der Waals surface area (Å²) in [5.74, 6) is 0.361. The normalized spacial score (nSPS) is 17.1. The Labute approximate surface area is 259 Å². The number of carbonyl (C=O) groups excluding carboxylic acids is 2. The van der Waals surface area contributed by atoms with E-state index in [2.05, 4.69) is 44.8 Å². The highest BCUT2D eigenvalue weighted by Crippen LogP contribution is 2.42. The number of alkyl carbamates (subject to hydrolysis) is 1. The molecule has 44 heavy (non-hydrogen) atoms. The molecule has 8 nitrogen and oxygen atoms in total. The SMILES string of the molecule is CC1(C)CC(=O)N(COC(=O)NCCC(F)(F)F)c2cc(OCCCCN3CCN(c4cccc5sccc45)CC3)ccc21. The summed E-state index contributed by atoms with van der Waals surface area (Å²) in [4.78, 5) is 31.2. The van der Waals surface area contributed by atoms with Crippen LogP contribution in [0.4, 0.5) is 29.3 Å². The number of piperazine rings is 1. The fourth-order valence-corrected chi connectivity index (χ4v) is 6.62. The van der Waals surface area contributed by atoms with Crippen LogP contribution in [0.15, 0.2) is 47.8 Å². The maximum Gasteiger partial charge on any atom is 0.408 e. The Balaban J connectivity index is 1.08. The lowest BCUT2D eigenvalue weighted by molar-refractivity contribution is -0.133. The molecule has 0 bridgehead atoms. The Hall–Kier alpha value is -3.51. The highest BCUT2D eigenvalue weighted by Gasteiger charge is 2.37. The van der Waals surface area contributed by atoms with E-state index in [0.717, 1.165) is 51.1 Å². The van der Waals surface area contributed by atoms with Crippen LogP contribution in [0, 0.1) is 0 Å². The van der Waals surface area contributed by atoms with Gasteiger partial charge in [0.2, 0.25) is 5.91 Å². The zero-order valence-corrected chi connectivity index (χ0v) is 25.9. The van der Waals surface area contributed by atoms with Crippen molar-refractivity contribution in [2.45, 2.75) is 51.1 Å². The number of hydrogen-bond acceptors (Lipinski definition) is 7. The number of amides is 2. The van der Waals surface area contributed by atoms with Crippen LogP contribution in [0.3, 0.4) is 0 Å². The van der Waals surface area contributed by atoms with Crippen LogP contribution in [0.5, 0.6) is 5.75 Å². The molecule has 0 unspecified atom stereocenters. The first-order valence-electron chi connectivity index (χ1n) is 15.0. The molecule has 0 atom stereocenters. The molecule has 2 aromatic carbocycles. The second-order valence-corrected chi connectivity index (χ2v) is 12.9. The first kappa shape index (κ1) is 31.9. The van der Waals surface area contributed by atoms with E-state index < -0.39 is 37.4 Å². The Morgan fingerprint density at radius 1 is 1.05 bits per heavy atom. The van der Waals surface area contributed by atoms with Crippen molar-refractivity contribution in [2.24, 2.45) is 0 Å². The van der Waals surface area contributed by atoms with Gasteiger partial charge in [0, 0.05) is 66.4 Å². The third-order valence-electron chi connectivity index (χ3n) is 8.21. The lowest BCUT2D eigenvalue weighted by Crippen LogP contribution is -2.46. The van der Waals surface area contributed by atoms with Gasteiger partial charge in [0.1, 0.15) is 5.75 Å². The third kappa shape index (κ3) is 7.95. The van der Waals surface area contributed by atoms with Crippen molar-refractivity contribution in [3.05, 3.63) is 53.4 Å². The Morgan fingerprint density at radius 2 is 1.84 bits per heavy atom. The van der Waals surface area contributed by atoms with Crippen LogP contribution in [-0.4, -0.2) is 75.7 Å². The summed E-state index contributed by atoms with van der Waals surface area (Å²) in [7, 11) is 0. The minimum absolute atomic E-state index is 0.206. The zero-order chi connectivity index (χ0) is 31.3. The standard InChI is InChI=1S/C32H39F3N4O4S/c1-31(2)21-29(40)39(22-43-30(41)36-12-11-32(33,34)35)27-20-23(8-9-25(27)31)42-18-4-3-13-37-14-16-38(17-15-37)26-6-5-7-28-24(26)10-19-44-28/h5-10,19-20H,3-4,11-18,21-22H2,1-2H3,(H,36,41). The maximum absolute atomic E-state index is 13.0. The smallest absolute Gasteiger partial charge is 0.408 e. The van der Waals surface area contributed by atoms with Gasteiger partial charge in [-0.1, -0.05) is 26.0 Å². The fourth-order valence-electron chi connectivity index (χ4n) is 5.82. The molecule has 2 amide bonds. The van der Waals surface area contributed by atoms with Gasteiger partial charge in [0.05, 0.1) is 18.7 Å². The molecular weight excluding hydrogens is 593 g/mol. The number of anilines is 2. The summed E-state index contributed by atoms with van der Waals surface area (Å²) in [5, 5.41) is 5.56. The van der Waals surface area contributed by atoms with E-state index in [1.54, 1.807) is 17.4 Å². The van der Waals surface area contributed by atoms with E-state index >= 15 is 0 Å². The van der Waals surface area contributed by atoms with E-state index in [4.69, 9.17) is 9.47 Å². The quantitative estimate of drug-likeness (QED) is 0.242. The van der Waals surface area contributed by atoms with Gasteiger partial charge in [-0.15, -0.1) is 11.3 Å². The van der Waals surface area contributed by atoms with E-state index in [0.29, 0.717) is 18.0 Å². The van der Waals surface area contributed by atoms with Gasteiger partial charge in [0.15, 0.2) is 6.73 Å². The summed E-state index contributed by atoms with van der Waals surface area (Å²) in [5.41, 5.74) is 2.36. The summed E-state index contributed by atoms with van der Waals surface area (Å²) in [6.45, 7) is 8.51. The molecule has 3 aromatic rings. The molecule has 1 aromatic heterocycles. The zero-order valence-electron chi connectivity index (χ0n) is 25.1. The van der Waals surface area contributed by atoms with Crippen LogP contribution in [0.1, 0.15) is 45.1 Å². The van der Waals surface area contributed by atoms with Gasteiger partial charge in [-0.3, -0.25) is 14.6 Å². The predicted octanol–water partition coefficient (Wildman–Crippen LogP) is 6.53. The van der Waals surface area contributed by atoms with Gasteiger partial charge >= 0.3 is 12.3 Å². The number of ether oxygens (including phenoxy) is 2. The number of fused-ring (bicyclic) bond motifs is 2. The van der Waals surface area contributed by atoms with Crippen LogP contribution in [0.25, 0.3) is 10.1 Å². The number of hydrogen-bond donors (Lipinski definition) is 1. The number of unbranched alkanes of at least 4 members (excludes halogenated alkanes) is 1. The number of halogens is 3. The minimum atomic E-state index is -4.38. The van der Waals surface area contributed by atoms with Crippen molar-refractivity contribution in [1.82, 2.24) is 10.2 Å². The van der Waals surface area contributed by atoms with E-state index in [-0.39, 0.29) is 12.3 Å². The second-order valence-electron chi connectivity index (χ2n) is 11.9. The van der Waals surface area contributed by atoms with Crippen molar-refractivity contribution in [3.63, 3.8) is 0 Å². The van der Waals surface area contributed by atoms with E-state index in [1.165, 1.54) is 20.7 Å². The molecule has 0 saturated carbocycles. The van der Waals surface area contributed by atoms with Crippen molar-refractivity contribution >= 4 is 44.8 Å². The third-order valence-corrected chi connectivity index (χ3v) is 9.09. The number of nitrogens with zero attached hydrogens (tertiary/aromatic N) is 3. The molecule has 2 aliphatic heterocycles. The molecule has 2 aliphatic rings. The average molecular weight is 633 g/mol. The molecule has 1 fully saturated rings. The van der Waals surface area contributed by atoms with Crippen molar-refractivity contribution < 1.29 is 32.2 Å². The molecule has 0 aliphatic carbocycles. The van der Waals surface area contributed by atoms with Gasteiger partial charge in [-0.25, -0.2) is 4.79 Å². The van der Waals surface area contributed by atoms with Crippen molar-refractivity contribution in [2.75, 3.05) is 62.4 Å². The number of carbonyl (C=O) groups is 2. The second kappa shape index (κ2) is 13.6. The van der Waals surface area contributed by atoms with Gasteiger partial charge < -0.3 is 19.7 Å². The number of rotatable bonds is 11. The Morgan fingerprint density at radius 3 is 2.61 bits per heavy atom. The molecule has 0 radical (unpaired) electrons. The number of benzene rings is 2. The van der Waals surface area contributed by atoms with Crippen LogP contribution in [-0.2, 0) is 14.9 Å². The Kier molecular flexibility index (Phi) is 9.89. The molecule has 3 heterocycles. The highest BCUT2D eigenvalue weighted by molar-refractivity contribution is 7.17. The Bertz CT molecular complexity index is 1450. The van der Waals surface area contributed by atoms with Crippen LogP contribution < -0.4 is 19.9 Å². The minimum Gasteiger partial charge on any atom is -0.494 e.